The van der Waals surface area contributed by atoms with Crippen LogP contribution < -0.4 is 4.90 Å². The Morgan fingerprint density at radius 2 is 1.57 bits per heavy atom. The SMILES string of the molecule is O=C1C(=O)N(c2cccc(Cl)c2)C(c2cccc3ccccc23)/C1=C(\O)c1c[nH]c2ccccc12. The molecule has 0 spiro atoms. The molecule has 2 N–H and O–H groups in total. The van der Waals surface area contributed by atoms with Gasteiger partial charge in [0.25, 0.3) is 11.7 Å². The zero-order valence-corrected chi connectivity index (χ0v) is 19.2. The number of para-hydroxylation sites is 1. The van der Waals surface area contributed by atoms with Gasteiger partial charge in [0.1, 0.15) is 5.76 Å². The molecule has 0 radical (unpaired) electrons. The third-order valence-corrected chi connectivity index (χ3v) is 6.73. The van der Waals surface area contributed by atoms with Crippen LogP contribution in [0.15, 0.2) is 103 Å². The summed E-state index contributed by atoms with van der Waals surface area (Å²) < 4.78 is 0. The number of benzene rings is 4. The summed E-state index contributed by atoms with van der Waals surface area (Å²) in [4.78, 5) is 31.5. The normalized spacial score (nSPS) is 17.5. The molecule has 1 amide bonds. The Balaban J connectivity index is 1.66. The smallest absolute Gasteiger partial charge is 0.300 e. The van der Waals surface area contributed by atoms with E-state index in [4.69, 9.17) is 11.6 Å². The highest BCUT2D eigenvalue weighted by molar-refractivity contribution is 6.52. The van der Waals surface area contributed by atoms with E-state index in [9.17, 15) is 14.7 Å². The third-order valence-electron chi connectivity index (χ3n) is 6.49. The van der Waals surface area contributed by atoms with Gasteiger partial charge in [-0.15, -0.1) is 0 Å². The maximum absolute atomic E-state index is 13.5. The zero-order chi connectivity index (χ0) is 24.1. The van der Waals surface area contributed by atoms with Gasteiger partial charge >= 0.3 is 0 Å². The van der Waals surface area contributed by atoms with Gasteiger partial charge in [-0.2, -0.15) is 0 Å². The molecule has 1 fully saturated rings. The lowest BCUT2D eigenvalue weighted by Gasteiger charge is -2.26. The Morgan fingerprint density at radius 1 is 0.857 bits per heavy atom. The second-order valence-corrected chi connectivity index (χ2v) is 8.90. The molecule has 35 heavy (non-hydrogen) atoms. The van der Waals surface area contributed by atoms with E-state index >= 15 is 0 Å². The fraction of sp³-hybridized carbons (Fsp3) is 0.0345. The Kier molecular flexibility index (Phi) is 4.94. The molecule has 1 aromatic heterocycles. The van der Waals surface area contributed by atoms with Crippen molar-refractivity contribution in [3.63, 3.8) is 0 Å². The molecule has 0 saturated carbocycles. The van der Waals surface area contributed by atoms with Crippen molar-refractivity contribution in [3.8, 4) is 0 Å². The maximum Gasteiger partial charge on any atom is 0.300 e. The number of aliphatic hydroxyl groups excluding tert-OH is 1. The molecule has 1 unspecified atom stereocenters. The number of Topliss-reactive ketones (excluding diaryl/α,β-unsaturated/α-hetero) is 1. The number of carbonyl (C=O) groups is 2. The summed E-state index contributed by atoms with van der Waals surface area (Å²) >= 11 is 6.25. The number of aromatic nitrogens is 1. The molecule has 2 heterocycles. The van der Waals surface area contributed by atoms with Gasteiger partial charge < -0.3 is 10.1 Å². The Labute approximate surface area is 205 Å². The van der Waals surface area contributed by atoms with E-state index in [0.717, 1.165) is 27.2 Å². The number of aliphatic hydroxyl groups is 1. The predicted molar refractivity (Wildman–Crippen MR) is 138 cm³/mol. The second kappa shape index (κ2) is 8.15. The number of rotatable bonds is 3. The molecule has 0 bridgehead atoms. The summed E-state index contributed by atoms with van der Waals surface area (Å²) in [5.41, 5.74) is 2.55. The minimum absolute atomic E-state index is 0.0380. The van der Waals surface area contributed by atoms with E-state index in [0.29, 0.717) is 16.3 Å². The van der Waals surface area contributed by atoms with Crippen LogP contribution in [0.5, 0.6) is 0 Å². The van der Waals surface area contributed by atoms with Crippen molar-refractivity contribution in [3.05, 3.63) is 119 Å². The first-order chi connectivity index (χ1) is 17.0. The standard InChI is InChI=1S/C29H19ClN2O3/c30-18-9-6-10-19(15-18)32-26(22-13-5-8-17-7-1-2-11-20(17)22)25(28(34)29(32)35)27(33)23-16-31-24-14-4-3-12-21(23)24/h1-16,26,31,33H/b27-25+. The molecular weight excluding hydrogens is 460 g/mol. The molecule has 1 atom stereocenters. The van der Waals surface area contributed by atoms with Crippen molar-refractivity contribution in [2.45, 2.75) is 6.04 Å². The lowest BCUT2D eigenvalue weighted by molar-refractivity contribution is -0.132. The number of anilines is 1. The fourth-order valence-corrected chi connectivity index (χ4v) is 5.11. The van der Waals surface area contributed by atoms with Gasteiger partial charge in [-0.05, 0) is 40.6 Å². The molecule has 1 saturated heterocycles. The molecule has 0 aliphatic carbocycles. The van der Waals surface area contributed by atoms with Crippen molar-refractivity contribution in [1.29, 1.82) is 0 Å². The highest BCUT2D eigenvalue weighted by Gasteiger charge is 2.47. The quantitative estimate of drug-likeness (QED) is 0.174. The summed E-state index contributed by atoms with van der Waals surface area (Å²) in [6.07, 6.45) is 1.66. The predicted octanol–water partition coefficient (Wildman–Crippen LogP) is 6.60. The number of hydrogen-bond donors (Lipinski definition) is 2. The highest BCUT2D eigenvalue weighted by Crippen LogP contribution is 2.45. The molecule has 170 valence electrons. The minimum Gasteiger partial charge on any atom is -0.507 e. The average Bonchev–Trinajstić information content (AvgIpc) is 3.42. The topological polar surface area (TPSA) is 73.4 Å². The molecule has 5 nitrogen and oxygen atoms in total. The van der Waals surface area contributed by atoms with Gasteiger partial charge in [-0.3, -0.25) is 14.5 Å². The van der Waals surface area contributed by atoms with E-state index in [1.165, 1.54) is 4.90 Å². The number of amides is 1. The van der Waals surface area contributed by atoms with E-state index in [1.807, 2.05) is 66.7 Å². The number of H-pyrrole nitrogens is 1. The van der Waals surface area contributed by atoms with E-state index < -0.39 is 17.7 Å². The van der Waals surface area contributed by atoms with Gasteiger partial charge in [0.2, 0.25) is 0 Å². The molecule has 6 rings (SSSR count). The van der Waals surface area contributed by atoms with Crippen LogP contribution in [0.3, 0.4) is 0 Å². The number of carbonyl (C=O) groups excluding carboxylic acids is 2. The second-order valence-electron chi connectivity index (χ2n) is 8.47. The number of halogens is 1. The summed E-state index contributed by atoms with van der Waals surface area (Å²) in [6, 6.07) is 27.0. The number of hydrogen-bond acceptors (Lipinski definition) is 3. The van der Waals surface area contributed by atoms with Crippen LogP contribution >= 0.6 is 11.6 Å². The lowest BCUT2D eigenvalue weighted by Crippen LogP contribution is -2.29. The third kappa shape index (κ3) is 3.32. The molecule has 5 aromatic rings. The van der Waals surface area contributed by atoms with Gasteiger partial charge in [0.05, 0.1) is 11.6 Å². The largest absolute Gasteiger partial charge is 0.507 e. The first kappa shape index (κ1) is 21.2. The number of nitrogens with one attached hydrogen (secondary N) is 1. The minimum atomic E-state index is -0.840. The number of ketones is 1. The van der Waals surface area contributed by atoms with Crippen LogP contribution in [0.1, 0.15) is 17.2 Å². The average molecular weight is 479 g/mol. The first-order valence-corrected chi connectivity index (χ1v) is 11.5. The van der Waals surface area contributed by atoms with Crippen LogP contribution in [0, 0.1) is 0 Å². The maximum atomic E-state index is 13.5. The Bertz CT molecular complexity index is 1680. The summed E-state index contributed by atoms with van der Waals surface area (Å²) in [5, 5.41) is 14.6. The van der Waals surface area contributed by atoms with Gasteiger partial charge in [0, 0.05) is 33.4 Å². The fourth-order valence-electron chi connectivity index (χ4n) is 4.92. The van der Waals surface area contributed by atoms with E-state index in [2.05, 4.69) is 4.98 Å². The summed E-state index contributed by atoms with van der Waals surface area (Å²) in [7, 11) is 0. The van der Waals surface area contributed by atoms with Gasteiger partial charge in [-0.25, -0.2) is 0 Å². The molecule has 6 heteroatoms. The van der Waals surface area contributed by atoms with E-state index in [-0.39, 0.29) is 11.3 Å². The van der Waals surface area contributed by atoms with Crippen LogP contribution in [0.2, 0.25) is 5.02 Å². The van der Waals surface area contributed by atoms with E-state index in [1.54, 1.807) is 30.5 Å². The van der Waals surface area contributed by atoms with Gasteiger partial charge in [0.15, 0.2) is 0 Å². The van der Waals surface area contributed by atoms with Crippen molar-refractivity contribution in [2.75, 3.05) is 4.90 Å². The van der Waals surface area contributed by atoms with Crippen molar-refractivity contribution < 1.29 is 14.7 Å². The summed E-state index contributed by atoms with van der Waals surface area (Å²) in [6.45, 7) is 0. The molecule has 1 aliphatic rings. The van der Waals surface area contributed by atoms with Crippen LogP contribution in [-0.2, 0) is 9.59 Å². The number of nitrogens with zero attached hydrogens (tertiary/aromatic N) is 1. The zero-order valence-electron chi connectivity index (χ0n) is 18.4. The van der Waals surface area contributed by atoms with Crippen molar-refractivity contribution >= 4 is 56.4 Å². The Morgan fingerprint density at radius 3 is 2.40 bits per heavy atom. The van der Waals surface area contributed by atoms with Crippen LogP contribution in [-0.4, -0.2) is 21.8 Å². The molecule has 1 aliphatic heterocycles. The lowest BCUT2D eigenvalue weighted by atomic mass is 9.91. The Hall–Kier alpha value is -4.35. The first-order valence-electron chi connectivity index (χ1n) is 11.2. The monoisotopic (exact) mass is 478 g/mol. The molecule has 4 aromatic carbocycles. The molecular formula is C29H19ClN2O3. The summed E-state index contributed by atoms with van der Waals surface area (Å²) in [5.74, 6) is -1.68. The van der Waals surface area contributed by atoms with Crippen molar-refractivity contribution in [1.82, 2.24) is 4.98 Å². The van der Waals surface area contributed by atoms with Gasteiger partial charge in [-0.1, -0.05) is 78.3 Å². The number of aromatic amines is 1. The highest BCUT2D eigenvalue weighted by atomic mass is 35.5. The van der Waals surface area contributed by atoms with Crippen molar-refractivity contribution in [2.24, 2.45) is 0 Å². The van der Waals surface area contributed by atoms with Crippen LogP contribution in [0.25, 0.3) is 27.4 Å². The van der Waals surface area contributed by atoms with Crippen LogP contribution in [0.4, 0.5) is 5.69 Å². The number of fused-ring (bicyclic) bond motifs is 2.